The largest absolute Gasteiger partial charge is 0.618 e. The number of aromatic nitrogens is 2. The Morgan fingerprint density at radius 1 is 1.08 bits per heavy atom. The van der Waals surface area contributed by atoms with Gasteiger partial charge in [0.2, 0.25) is 12.4 Å². The molecule has 0 amide bonds. The molecule has 0 unspecified atom stereocenters. The molecule has 2 aromatic rings. The van der Waals surface area contributed by atoms with Gasteiger partial charge in [-0.05, 0) is 6.07 Å². The van der Waals surface area contributed by atoms with Crippen LogP contribution in [-0.2, 0) is 0 Å². The summed E-state index contributed by atoms with van der Waals surface area (Å²) >= 11 is 0. The van der Waals surface area contributed by atoms with Crippen molar-refractivity contribution in [3.05, 3.63) is 41.0 Å². The molecule has 2 rings (SSSR count). The molecule has 0 fully saturated rings. The first-order chi connectivity index (χ1) is 6.20. The zero-order chi connectivity index (χ0) is 9.42. The van der Waals surface area contributed by atoms with E-state index in [4.69, 9.17) is 0 Å². The SMILES string of the molecule is [O-][n+]1cc[n+]([O-])c2c(O)cccc21. The molecule has 0 spiro atoms. The van der Waals surface area contributed by atoms with Crippen molar-refractivity contribution < 1.29 is 14.6 Å². The Labute approximate surface area is 73.3 Å². The fourth-order valence-corrected chi connectivity index (χ4v) is 1.20. The maximum Gasteiger partial charge on any atom is 0.332 e. The molecule has 0 radical (unpaired) electrons. The van der Waals surface area contributed by atoms with Crippen LogP contribution in [0.15, 0.2) is 30.6 Å². The molecule has 0 saturated carbocycles. The number of nitrogens with zero attached hydrogens (tertiary/aromatic N) is 2. The first-order valence-corrected chi connectivity index (χ1v) is 3.63. The summed E-state index contributed by atoms with van der Waals surface area (Å²) in [5.41, 5.74) is 0.137. The number of fused-ring (bicyclic) bond motifs is 1. The summed E-state index contributed by atoms with van der Waals surface area (Å²) in [4.78, 5) is 0. The monoisotopic (exact) mass is 178 g/mol. The molecule has 13 heavy (non-hydrogen) atoms. The highest BCUT2D eigenvalue weighted by molar-refractivity contribution is 5.74. The van der Waals surface area contributed by atoms with Crippen molar-refractivity contribution in [2.45, 2.75) is 0 Å². The molecule has 1 aromatic carbocycles. The zero-order valence-electron chi connectivity index (χ0n) is 6.54. The fraction of sp³-hybridized carbons (Fsp3) is 0. The molecular weight excluding hydrogens is 172 g/mol. The third kappa shape index (κ3) is 1.01. The van der Waals surface area contributed by atoms with Gasteiger partial charge < -0.3 is 15.5 Å². The number of benzene rings is 1. The maximum absolute atomic E-state index is 11.2. The third-order valence-electron chi connectivity index (χ3n) is 1.79. The zero-order valence-corrected chi connectivity index (χ0v) is 6.54. The van der Waals surface area contributed by atoms with Crippen LogP contribution in [-0.4, -0.2) is 5.11 Å². The summed E-state index contributed by atoms with van der Waals surface area (Å²) in [6.07, 6.45) is 2.14. The van der Waals surface area contributed by atoms with E-state index in [0.29, 0.717) is 9.46 Å². The molecular formula is C8H6N2O3. The maximum atomic E-state index is 11.2. The summed E-state index contributed by atoms with van der Waals surface area (Å²) in [5.74, 6) is -0.197. The van der Waals surface area contributed by atoms with Crippen LogP contribution in [0.2, 0.25) is 0 Å². The van der Waals surface area contributed by atoms with Crippen molar-refractivity contribution >= 4 is 11.0 Å². The van der Waals surface area contributed by atoms with Gasteiger partial charge in [0.1, 0.15) is 0 Å². The van der Waals surface area contributed by atoms with Gasteiger partial charge in [0.25, 0.3) is 5.52 Å². The molecule has 0 bridgehead atoms. The Bertz CT molecular complexity index is 462. The number of aromatic hydroxyl groups is 1. The van der Waals surface area contributed by atoms with Crippen LogP contribution in [0.25, 0.3) is 11.0 Å². The predicted molar refractivity (Wildman–Crippen MR) is 43.5 cm³/mol. The molecule has 1 aromatic heterocycles. The molecule has 5 nitrogen and oxygen atoms in total. The minimum atomic E-state index is -0.197. The van der Waals surface area contributed by atoms with Crippen LogP contribution in [0.4, 0.5) is 0 Å². The van der Waals surface area contributed by atoms with Crippen molar-refractivity contribution in [1.82, 2.24) is 0 Å². The highest BCUT2D eigenvalue weighted by Gasteiger charge is 2.15. The lowest BCUT2D eigenvalue weighted by molar-refractivity contribution is -0.628. The molecule has 0 aliphatic heterocycles. The van der Waals surface area contributed by atoms with Gasteiger partial charge in [-0.2, -0.15) is 9.46 Å². The van der Waals surface area contributed by atoms with Crippen LogP contribution >= 0.6 is 0 Å². The van der Waals surface area contributed by atoms with Gasteiger partial charge in [0.05, 0.1) is 0 Å². The Morgan fingerprint density at radius 3 is 2.46 bits per heavy atom. The average Bonchev–Trinajstić information content (AvgIpc) is 2.12. The molecule has 5 heteroatoms. The minimum Gasteiger partial charge on any atom is -0.618 e. The second-order valence-corrected chi connectivity index (χ2v) is 2.59. The Kier molecular flexibility index (Phi) is 1.45. The summed E-state index contributed by atoms with van der Waals surface area (Å²) < 4.78 is 0.989. The van der Waals surface area contributed by atoms with Crippen LogP contribution in [0, 0.1) is 10.4 Å². The first-order valence-electron chi connectivity index (χ1n) is 3.63. The average molecular weight is 178 g/mol. The van der Waals surface area contributed by atoms with E-state index >= 15 is 0 Å². The van der Waals surface area contributed by atoms with Crippen molar-refractivity contribution in [2.75, 3.05) is 0 Å². The van der Waals surface area contributed by atoms with Crippen LogP contribution in [0.3, 0.4) is 0 Å². The molecule has 0 atom stereocenters. The number of hydrogen-bond acceptors (Lipinski definition) is 3. The normalized spacial score (nSPS) is 10.5. The van der Waals surface area contributed by atoms with E-state index in [2.05, 4.69) is 0 Å². The smallest absolute Gasteiger partial charge is 0.332 e. The lowest BCUT2D eigenvalue weighted by Crippen LogP contribution is -2.36. The quantitative estimate of drug-likeness (QED) is 0.449. The van der Waals surface area contributed by atoms with Crippen molar-refractivity contribution in [3.63, 3.8) is 0 Å². The highest BCUT2D eigenvalue weighted by Crippen LogP contribution is 2.16. The fourth-order valence-electron chi connectivity index (χ4n) is 1.20. The van der Waals surface area contributed by atoms with Gasteiger partial charge in [-0.15, -0.1) is 0 Å². The van der Waals surface area contributed by atoms with E-state index in [1.54, 1.807) is 0 Å². The molecule has 0 aliphatic carbocycles. The minimum absolute atomic E-state index is 0.0139. The summed E-state index contributed by atoms with van der Waals surface area (Å²) in [6.45, 7) is 0. The Hall–Kier alpha value is -2.04. The van der Waals surface area contributed by atoms with Gasteiger partial charge >= 0.3 is 5.52 Å². The lowest BCUT2D eigenvalue weighted by atomic mass is 10.3. The second-order valence-electron chi connectivity index (χ2n) is 2.59. The number of hydrogen-bond donors (Lipinski definition) is 1. The Balaban J connectivity index is 3.00. The third-order valence-corrected chi connectivity index (χ3v) is 1.79. The van der Waals surface area contributed by atoms with E-state index in [1.165, 1.54) is 18.2 Å². The summed E-state index contributed by atoms with van der Waals surface area (Å²) in [5, 5.41) is 31.6. The van der Waals surface area contributed by atoms with Crippen LogP contribution in [0.5, 0.6) is 5.75 Å². The predicted octanol–water partition coefficient (Wildman–Crippen LogP) is -0.188. The number of para-hydroxylation sites is 1. The standard InChI is InChI=1S/C8H6N2O3/c11-7-3-1-2-6-8(7)10(13)5-4-9(6)12/h1-5,11H. The Morgan fingerprint density at radius 2 is 1.77 bits per heavy atom. The first kappa shape index (κ1) is 7.60. The number of rotatable bonds is 0. The van der Waals surface area contributed by atoms with Crippen molar-refractivity contribution in [3.8, 4) is 5.75 Å². The van der Waals surface area contributed by atoms with Gasteiger partial charge in [-0.25, -0.2) is 0 Å². The molecule has 1 heterocycles. The van der Waals surface area contributed by atoms with Gasteiger partial charge in [-0.1, -0.05) is 6.07 Å². The summed E-state index contributed by atoms with van der Waals surface area (Å²) in [7, 11) is 0. The van der Waals surface area contributed by atoms with Crippen LogP contribution < -0.4 is 9.46 Å². The molecule has 66 valence electrons. The van der Waals surface area contributed by atoms with E-state index in [9.17, 15) is 15.5 Å². The topological polar surface area (TPSA) is 74.1 Å². The van der Waals surface area contributed by atoms with Crippen molar-refractivity contribution in [1.29, 1.82) is 0 Å². The number of phenols is 1. The van der Waals surface area contributed by atoms with Gasteiger partial charge in [-0.3, -0.25) is 0 Å². The molecule has 0 aliphatic rings. The number of phenolic OH excluding ortho intramolecular Hbond substituents is 1. The molecule has 0 saturated heterocycles. The summed E-state index contributed by atoms with van der Waals surface area (Å²) in [6, 6.07) is 4.33. The molecule has 1 N–H and O–H groups in total. The van der Waals surface area contributed by atoms with Gasteiger partial charge in [0, 0.05) is 6.07 Å². The van der Waals surface area contributed by atoms with E-state index in [0.717, 1.165) is 12.4 Å². The van der Waals surface area contributed by atoms with Gasteiger partial charge in [0.15, 0.2) is 5.75 Å². The van der Waals surface area contributed by atoms with E-state index < -0.39 is 0 Å². The van der Waals surface area contributed by atoms with E-state index in [-0.39, 0.29) is 16.8 Å². The van der Waals surface area contributed by atoms with Crippen molar-refractivity contribution in [2.24, 2.45) is 0 Å². The second kappa shape index (κ2) is 2.48. The van der Waals surface area contributed by atoms with E-state index in [1.807, 2.05) is 0 Å². The lowest BCUT2D eigenvalue weighted by Gasteiger charge is -2.02. The highest BCUT2D eigenvalue weighted by atomic mass is 16.5. The van der Waals surface area contributed by atoms with Crippen LogP contribution in [0.1, 0.15) is 0 Å².